The van der Waals surface area contributed by atoms with Gasteiger partial charge in [0.15, 0.2) is 5.16 Å². The minimum atomic E-state index is -0.511. The second kappa shape index (κ2) is 7.13. The average molecular weight is 318 g/mol. The van der Waals surface area contributed by atoms with E-state index >= 15 is 0 Å². The molecule has 2 aromatic rings. The second-order valence-electron chi connectivity index (χ2n) is 4.71. The Morgan fingerprint density at radius 1 is 1.32 bits per heavy atom. The van der Waals surface area contributed by atoms with Crippen LogP contribution in [0.4, 0.5) is 4.79 Å². The molecule has 0 saturated heterocycles. The Morgan fingerprint density at radius 2 is 2.09 bits per heavy atom. The molecule has 1 aromatic carbocycles. The maximum Gasteiger partial charge on any atom is 0.321 e. The van der Waals surface area contributed by atoms with Crippen molar-refractivity contribution in [2.75, 3.05) is 12.8 Å². The van der Waals surface area contributed by atoms with Crippen LogP contribution in [-0.4, -0.2) is 34.3 Å². The summed E-state index contributed by atoms with van der Waals surface area (Å²) in [7, 11) is 1.46. The number of benzene rings is 1. The summed E-state index contributed by atoms with van der Waals surface area (Å²) >= 11 is 1.28. The molecule has 0 bridgehead atoms. The molecular formula is C15H18N4O2S. The minimum absolute atomic E-state index is 0.120. The summed E-state index contributed by atoms with van der Waals surface area (Å²) in [5.74, 6) is -0.241. The van der Waals surface area contributed by atoms with Crippen LogP contribution in [0.25, 0.3) is 5.69 Å². The van der Waals surface area contributed by atoms with E-state index in [4.69, 9.17) is 0 Å². The number of amides is 3. The Bertz CT molecular complexity index is 697. The lowest BCUT2D eigenvalue weighted by Gasteiger charge is -2.12. The van der Waals surface area contributed by atoms with Crippen LogP contribution in [0.5, 0.6) is 0 Å². The number of carbonyl (C=O) groups excluding carboxylic acids is 2. The summed E-state index contributed by atoms with van der Waals surface area (Å²) in [6.45, 7) is 4.11. The number of urea groups is 1. The highest BCUT2D eigenvalue weighted by atomic mass is 32.2. The van der Waals surface area contributed by atoms with E-state index in [1.807, 2.05) is 22.9 Å². The lowest BCUT2D eigenvalue weighted by Crippen LogP contribution is -2.38. The third-order valence-corrected chi connectivity index (χ3v) is 4.22. The zero-order valence-corrected chi connectivity index (χ0v) is 13.5. The highest BCUT2D eigenvalue weighted by Gasteiger charge is 2.12. The highest BCUT2D eigenvalue weighted by Crippen LogP contribution is 2.24. The first kappa shape index (κ1) is 16.1. The largest absolute Gasteiger partial charge is 0.341 e. The Labute approximate surface area is 133 Å². The van der Waals surface area contributed by atoms with Crippen molar-refractivity contribution in [2.24, 2.45) is 0 Å². The maximum absolute atomic E-state index is 11.6. The summed E-state index contributed by atoms with van der Waals surface area (Å²) in [4.78, 5) is 27.0. The van der Waals surface area contributed by atoms with Crippen molar-refractivity contribution >= 4 is 23.7 Å². The molecule has 2 N–H and O–H groups in total. The first-order valence-electron chi connectivity index (χ1n) is 6.77. The third kappa shape index (κ3) is 3.67. The fraction of sp³-hybridized carbons (Fsp3) is 0.267. The van der Waals surface area contributed by atoms with Gasteiger partial charge in [-0.05, 0) is 31.0 Å². The van der Waals surface area contributed by atoms with Gasteiger partial charge in [-0.3, -0.25) is 14.7 Å². The monoisotopic (exact) mass is 318 g/mol. The van der Waals surface area contributed by atoms with Gasteiger partial charge in [-0.2, -0.15) is 0 Å². The average Bonchev–Trinajstić information content (AvgIpc) is 2.96. The van der Waals surface area contributed by atoms with Gasteiger partial charge in [-0.15, -0.1) is 0 Å². The number of rotatable bonds is 4. The smallest absolute Gasteiger partial charge is 0.321 e. The van der Waals surface area contributed by atoms with Crippen LogP contribution in [0.1, 0.15) is 11.1 Å². The van der Waals surface area contributed by atoms with Gasteiger partial charge in [-0.1, -0.05) is 23.9 Å². The van der Waals surface area contributed by atoms with Gasteiger partial charge in [0.1, 0.15) is 0 Å². The van der Waals surface area contributed by atoms with Crippen LogP contribution < -0.4 is 10.6 Å². The van der Waals surface area contributed by atoms with Gasteiger partial charge < -0.3 is 5.32 Å². The molecule has 7 heteroatoms. The highest BCUT2D eigenvalue weighted by molar-refractivity contribution is 7.99. The molecule has 2 rings (SSSR count). The lowest BCUT2D eigenvalue weighted by atomic mass is 10.1. The zero-order chi connectivity index (χ0) is 16.1. The van der Waals surface area contributed by atoms with E-state index in [9.17, 15) is 9.59 Å². The number of aromatic nitrogens is 2. The van der Waals surface area contributed by atoms with Gasteiger partial charge in [0.25, 0.3) is 0 Å². The van der Waals surface area contributed by atoms with Crippen LogP contribution in [0.15, 0.2) is 35.7 Å². The predicted molar refractivity (Wildman–Crippen MR) is 86.4 cm³/mol. The maximum atomic E-state index is 11.6. The lowest BCUT2D eigenvalue weighted by molar-refractivity contribution is -0.117. The molecule has 0 unspecified atom stereocenters. The number of aryl methyl sites for hydroxylation is 1. The molecule has 6 nitrogen and oxygen atoms in total. The number of nitrogens with zero attached hydrogens (tertiary/aromatic N) is 2. The molecule has 3 amide bonds. The molecule has 0 fully saturated rings. The Balaban J connectivity index is 2.12. The van der Waals surface area contributed by atoms with Gasteiger partial charge in [0.2, 0.25) is 5.91 Å². The van der Waals surface area contributed by atoms with Gasteiger partial charge in [-0.25, -0.2) is 9.78 Å². The summed E-state index contributed by atoms with van der Waals surface area (Å²) in [6, 6.07) is 5.55. The van der Waals surface area contributed by atoms with Crippen molar-refractivity contribution in [3.63, 3.8) is 0 Å². The Kier molecular flexibility index (Phi) is 5.21. The fourth-order valence-corrected chi connectivity index (χ4v) is 2.70. The molecule has 0 spiro atoms. The topological polar surface area (TPSA) is 76.0 Å². The molecule has 1 heterocycles. The molecule has 0 radical (unpaired) electrons. The molecule has 0 saturated carbocycles. The quantitative estimate of drug-likeness (QED) is 0.846. The first-order chi connectivity index (χ1) is 10.5. The van der Waals surface area contributed by atoms with Crippen LogP contribution in [-0.2, 0) is 4.79 Å². The van der Waals surface area contributed by atoms with Crippen molar-refractivity contribution in [3.8, 4) is 5.69 Å². The van der Waals surface area contributed by atoms with Gasteiger partial charge in [0.05, 0.1) is 11.4 Å². The van der Waals surface area contributed by atoms with Gasteiger partial charge in [0, 0.05) is 19.4 Å². The van der Waals surface area contributed by atoms with Gasteiger partial charge >= 0.3 is 6.03 Å². The van der Waals surface area contributed by atoms with E-state index in [0.29, 0.717) is 5.16 Å². The normalized spacial score (nSPS) is 10.3. The Hall–Kier alpha value is -2.28. The summed E-state index contributed by atoms with van der Waals surface area (Å²) in [6.07, 6.45) is 3.56. The molecule has 0 aliphatic carbocycles. The number of carbonyl (C=O) groups is 2. The molecule has 22 heavy (non-hydrogen) atoms. The predicted octanol–water partition coefficient (Wildman–Crippen LogP) is 2.04. The minimum Gasteiger partial charge on any atom is -0.341 e. The molecule has 116 valence electrons. The molecule has 1 aromatic heterocycles. The van der Waals surface area contributed by atoms with Crippen molar-refractivity contribution in [1.29, 1.82) is 0 Å². The summed E-state index contributed by atoms with van der Waals surface area (Å²) < 4.78 is 1.94. The van der Waals surface area contributed by atoms with E-state index in [2.05, 4.69) is 35.5 Å². The van der Waals surface area contributed by atoms with Crippen LogP contribution in [0, 0.1) is 13.8 Å². The molecular weight excluding hydrogens is 300 g/mol. The van der Waals surface area contributed by atoms with E-state index in [1.54, 1.807) is 6.20 Å². The van der Waals surface area contributed by atoms with E-state index < -0.39 is 6.03 Å². The number of hydrogen-bond donors (Lipinski definition) is 2. The standard InChI is InChI=1S/C15H18N4O2S/c1-10-5-4-6-12(11(10)2)19-8-7-17-15(19)22-9-13(20)18-14(21)16-3/h4-8H,9H2,1-3H3,(H2,16,18,20,21). The molecule has 0 atom stereocenters. The van der Waals surface area contributed by atoms with Crippen LogP contribution >= 0.6 is 11.8 Å². The number of nitrogens with one attached hydrogen (secondary N) is 2. The van der Waals surface area contributed by atoms with Crippen LogP contribution in [0.3, 0.4) is 0 Å². The van der Waals surface area contributed by atoms with Crippen molar-refractivity contribution < 1.29 is 9.59 Å². The molecule has 0 aliphatic rings. The van der Waals surface area contributed by atoms with E-state index in [1.165, 1.54) is 24.4 Å². The molecule has 0 aliphatic heterocycles. The fourth-order valence-electron chi connectivity index (χ4n) is 1.93. The summed E-state index contributed by atoms with van der Waals surface area (Å²) in [5, 5.41) is 5.27. The second-order valence-corrected chi connectivity index (χ2v) is 5.66. The summed E-state index contributed by atoms with van der Waals surface area (Å²) in [5.41, 5.74) is 3.39. The number of imidazole rings is 1. The van der Waals surface area contributed by atoms with Crippen molar-refractivity contribution in [2.45, 2.75) is 19.0 Å². The van der Waals surface area contributed by atoms with Crippen molar-refractivity contribution in [1.82, 2.24) is 20.2 Å². The van der Waals surface area contributed by atoms with E-state index in [-0.39, 0.29) is 11.7 Å². The van der Waals surface area contributed by atoms with E-state index in [0.717, 1.165) is 11.3 Å². The number of hydrogen-bond acceptors (Lipinski definition) is 4. The van der Waals surface area contributed by atoms with Crippen LogP contribution in [0.2, 0.25) is 0 Å². The zero-order valence-electron chi connectivity index (χ0n) is 12.7. The third-order valence-electron chi connectivity index (χ3n) is 3.25. The first-order valence-corrected chi connectivity index (χ1v) is 7.75. The number of thioether (sulfide) groups is 1. The Morgan fingerprint density at radius 3 is 2.82 bits per heavy atom. The number of imide groups is 1. The SMILES string of the molecule is CNC(=O)NC(=O)CSc1nccn1-c1cccc(C)c1C. The van der Waals surface area contributed by atoms with Crippen molar-refractivity contribution in [3.05, 3.63) is 41.7 Å².